The molecule has 1 aromatic heterocycles. The van der Waals surface area contributed by atoms with Crippen LogP contribution in [0.2, 0.25) is 0 Å². The molecule has 0 saturated heterocycles. The Morgan fingerprint density at radius 2 is 1.95 bits per heavy atom. The van der Waals surface area contributed by atoms with E-state index in [1.165, 1.54) is 0 Å². The highest BCUT2D eigenvalue weighted by molar-refractivity contribution is 6.05. The molecule has 0 spiro atoms. The van der Waals surface area contributed by atoms with Crippen LogP contribution in [0.5, 0.6) is 0 Å². The number of nitrogens with two attached hydrogens (primary N) is 1. The molecule has 0 radical (unpaired) electrons. The summed E-state index contributed by atoms with van der Waals surface area (Å²) in [5.74, 6) is -7.35. The van der Waals surface area contributed by atoms with Gasteiger partial charge in [0, 0.05) is 18.0 Å². The molecule has 0 unspecified atom stereocenters. The van der Waals surface area contributed by atoms with Crippen LogP contribution in [0.25, 0.3) is 5.57 Å². The number of nitrogens with zero attached hydrogens (tertiary/aromatic N) is 3. The number of halogens is 3. The van der Waals surface area contributed by atoms with Crippen molar-refractivity contribution in [2.24, 2.45) is 0 Å². The Morgan fingerprint density at radius 3 is 2.57 bits per heavy atom. The van der Waals surface area contributed by atoms with Crippen LogP contribution < -0.4 is 11.1 Å². The quantitative estimate of drug-likeness (QED) is 0.886. The van der Waals surface area contributed by atoms with Crippen LogP contribution >= 0.6 is 0 Å². The summed E-state index contributed by atoms with van der Waals surface area (Å²) in [5, 5.41) is 2.85. The van der Waals surface area contributed by atoms with Crippen molar-refractivity contribution in [2.75, 3.05) is 11.1 Å². The van der Waals surface area contributed by atoms with Crippen LogP contribution in [-0.4, -0.2) is 32.7 Å². The minimum absolute atomic E-state index is 0.0178. The second-order valence-corrected chi connectivity index (χ2v) is 4.97. The van der Waals surface area contributed by atoms with Crippen molar-refractivity contribution in [2.45, 2.75) is 38.7 Å². The van der Waals surface area contributed by atoms with Crippen LogP contribution in [-0.2, 0) is 4.79 Å². The Morgan fingerprint density at radius 1 is 1.29 bits per heavy atom. The normalized spacial score (nSPS) is 18.3. The van der Waals surface area contributed by atoms with Gasteiger partial charge in [-0.3, -0.25) is 4.79 Å². The Kier molecular flexibility index (Phi) is 3.84. The number of hydrogen-bond acceptors (Lipinski definition) is 6. The summed E-state index contributed by atoms with van der Waals surface area (Å²) in [6.45, 7) is 3.65. The Balaban J connectivity index is 2.44. The SMILES string of the molecule is CC(C)Nc1nc(N)nc(C2=C(F)C(=O)C(F)(F)CC2)n1. The lowest BCUT2D eigenvalue weighted by Gasteiger charge is -2.21. The molecule has 2 rings (SSSR count). The first-order chi connectivity index (χ1) is 9.70. The first-order valence-electron chi connectivity index (χ1n) is 6.30. The highest BCUT2D eigenvalue weighted by atomic mass is 19.3. The second-order valence-electron chi connectivity index (χ2n) is 4.97. The molecule has 0 saturated carbocycles. The van der Waals surface area contributed by atoms with E-state index in [2.05, 4.69) is 20.3 Å². The largest absolute Gasteiger partial charge is 0.368 e. The first kappa shape index (κ1) is 15.2. The maximum absolute atomic E-state index is 13.8. The number of alkyl halides is 2. The lowest BCUT2D eigenvalue weighted by Crippen LogP contribution is -2.33. The number of anilines is 2. The van der Waals surface area contributed by atoms with Gasteiger partial charge in [-0.05, 0) is 20.3 Å². The minimum atomic E-state index is -3.69. The van der Waals surface area contributed by atoms with Gasteiger partial charge in [0.1, 0.15) is 0 Å². The fraction of sp³-hybridized carbons (Fsp3) is 0.500. The Labute approximate surface area is 118 Å². The third-order valence-corrected chi connectivity index (χ3v) is 2.83. The van der Waals surface area contributed by atoms with Gasteiger partial charge in [0.15, 0.2) is 11.7 Å². The Bertz CT molecular complexity index is 615. The van der Waals surface area contributed by atoms with Gasteiger partial charge < -0.3 is 11.1 Å². The van der Waals surface area contributed by atoms with Crippen molar-refractivity contribution in [3.8, 4) is 0 Å². The predicted molar refractivity (Wildman–Crippen MR) is 70.2 cm³/mol. The zero-order valence-corrected chi connectivity index (χ0v) is 11.5. The molecule has 0 bridgehead atoms. The predicted octanol–water partition coefficient (Wildman–Crippen LogP) is 1.95. The van der Waals surface area contributed by atoms with Crippen LogP contribution in [0.3, 0.4) is 0 Å². The van der Waals surface area contributed by atoms with Crippen LogP contribution in [0.4, 0.5) is 25.1 Å². The van der Waals surface area contributed by atoms with Gasteiger partial charge in [-0.2, -0.15) is 23.7 Å². The number of carbonyl (C=O) groups excluding carboxylic acids is 1. The topological polar surface area (TPSA) is 93.8 Å². The molecule has 0 aliphatic heterocycles. The minimum Gasteiger partial charge on any atom is -0.368 e. The summed E-state index contributed by atoms with van der Waals surface area (Å²) >= 11 is 0. The van der Waals surface area contributed by atoms with Gasteiger partial charge in [-0.25, -0.2) is 4.39 Å². The van der Waals surface area contributed by atoms with Gasteiger partial charge in [0.05, 0.1) is 0 Å². The van der Waals surface area contributed by atoms with Crippen LogP contribution in [0.15, 0.2) is 5.83 Å². The average Bonchev–Trinajstić information content (AvgIpc) is 2.34. The summed E-state index contributed by atoms with van der Waals surface area (Å²) in [4.78, 5) is 22.7. The van der Waals surface area contributed by atoms with E-state index in [1.807, 2.05) is 13.8 Å². The lowest BCUT2D eigenvalue weighted by molar-refractivity contribution is -0.141. The summed E-state index contributed by atoms with van der Waals surface area (Å²) in [6.07, 6.45) is -1.14. The number of nitrogens with one attached hydrogen (secondary N) is 1. The van der Waals surface area contributed by atoms with E-state index in [-0.39, 0.29) is 35.8 Å². The Hall–Kier alpha value is -2.19. The fourth-order valence-corrected chi connectivity index (χ4v) is 1.86. The molecule has 0 aromatic carbocycles. The molecule has 1 aromatic rings. The van der Waals surface area contributed by atoms with E-state index in [0.29, 0.717) is 0 Å². The fourth-order valence-electron chi connectivity index (χ4n) is 1.86. The highest BCUT2D eigenvalue weighted by Crippen LogP contribution is 2.38. The molecule has 0 atom stereocenters. The zero-order valence-electron chi connectivity index (χ0n) is 11.5. The standard InChI is InChI=1S/C12H14F3N5O/c1-5(2)17-11-19-9(18-10(16)20-11)6-3-4-12(14,15)8(21)7(6)13/h5H,3-4H2,1-2H3,(H3,16,17,18,19,20). The number of allylic oxidation sites excluding steroid dienone is 2. The number of carbonyl (C=O) groups is 1. The number of aromatic nitrogens is 3. The molecule has 3 N–H and O–H groups in total. The number of nitrogen functional groups attached to an aromatic ring is 1. The molecule has 9 heteroatoms. The van der Waals surface area contributed by atoms with Crippen molar-refractivity contribution >= 4 is 23.3 Å². The summed E-state index contributed by atoms with van der Waals surface area (Å²) < 4.78 is 40.1. The van der Waals surface area contributed by atoms with Crippen molar-refractivity contribution in [3.63, 3.8) is 0 Å². The summed E-state index contributed by atoms with van der Waals surface area (Å²) in [7, 11) is 0. The molecule has 1 aliphatic carbocycles. The molecule has 6 nitrogen and oxygen atoms in total. The van der Waals surface area contributed by atoms with E-state index < -0.39 is 24.0 Å². The molecular formula is C12H14F3N5O. The summed E-state index contributed by atoms with van der Waals surface area (Å²) in [6, 6.07) is -0.0178. The second kappa shape index (κ2) is 5.30. The maximum atomic E-state index is 13.8. The van der Waals surface area contributed by atoms with E-state index >= 15 is 0 Å². The summed E-state index contributed by atoms with van der Waals surface area (Å²) in [5.41, 5.74) is 5.22. The smallest absolute Gasteiger partial charge is 0.312 e. The van der Waals surface area contributed by atoms with Crippen molar-refractivity contribution in [1.82, 2.24) is 15.0 Å². The third-order valence-electron chi connectivity index (χ3n) is 2.83. The van der Waals surface area contributed by atoms with Crippen molar-refractivity contribution < 1.29 is 18.0 Å². The van der Waals surface area contributed by atoms with Crippen molar-refractivity contribution in [3.05, 3.63) is 11.7 Å². The molecule has 0 amide bonds. The molecule has 1 aliphatic rings. The van der Waals surface area contributed by atoms with E-state index in [9.17, 15) is 18.0 Å². The maximum Gasteiger partial charge on any atom is 0.312 e. The third kappa shape index (κ3) is 3.11. The van der Waals surface area contributed by atoms with E-state index in [0.717, 1.165) is 0 Å². The number of hydrogen-bond donors (Lipinski definition) is 2. The number of ketones is 1. The van der Waals surface area contributed by atoms with E-state index in [4.69, 9.17) is 5.73 Å². The van der Waals surface area contributed by atoms with Crippen LogP contribution in [0, 0.1) is 0 Å². The van der Waals surface area contributed by atoms with Gasteiger partial charge in [-0.15, -0.1) is 0 Å². The van der Waals surface area contributed by atoms with Crippen molar-refractivity contribution in [1.29, 1.82) is 0 Å². The molecule has 114 valence electrons. The van der Waals surface area contributed by atoms with Gasteiger partial charge in [-0.1, -0.05) is 0 Å². The average molecular weight is 301 g/mol. The molecule has 0 fully saturated rings. The molecular weight excluding hydrogens is 287 g/mol. The number of rotatable bonds is 3. The highest BCUT2D eigenvalue weighted by Gasteiger charge is 2.46. The van der Waals surface area contributed by atoms with Gasteiger partial charge in [0.2, 0.25) is 11.9 Å². The van der Waals surface area contributed by atoms with Gasteiger partial charge >= 0.3 is 5.92 Å². The van der Waals surface area contributed by atoms with Crippen LogP contribution in [0.1, 0.15) is 32.5 Å². The monoisotopic (exact) mass is 301 g/mol. The van der Waals surface area contributed by atoms with E-state index in [1.54, 1.807) is 0 Å². The first-order valence-corrected chi connectivity index (χ1v) is 6.30. The molecule has 21 heavy (non-hydrogen) atoms. The zero-order chi connectivity index (χ0) is 15.8. The lowest BCUT2D eigenvalue weighted by atomic mass is 9.93. The molecule has 1 heterocycles. The number of Topliss-reactive ketones (excluding diaryl/α,β-unsaturated/α-hetero) is 1. The van der Waals surface area contributed by atoms with Gasteiger partial charge in [0.25, 0.3) is 5.78 Å².